The van der Waals surface area contributed by atoms with Crippen LogP contribution in [0, 0.1) is 16.7 Å². The van der Waals surface area contributed by atoms with Gasteiger partial charge < -0.3 is 20.1 Å². The van der Waals surface area contributed by atoms with Crippen molar-refractivity contribution in [1.82, 2.24) is 0 Å². The van der Waals surface area contributed by atoms with Crippen LogP contribution in [0.3, 0.4) is 0 Å². The number of rotatable bonds is 1. The summed E-state index contributed by atoms with van der Waals surface area (Å²) in [6, 6.07) is 0. The average Bonchev–Trinajstić information content (AvgIpc) is 2.32. The van der Waals surface area contributed by atoms with Crippen LogP contribution in [0.15, 0.2) is 0 Å². The van der Waals surface area contributed by atoms with E-state index in [-0.39, 0.29) is 5.92 Å². The number of carbonyl (C=O) groups excluding carboxylic acids is 1. The zero-order chi connectivity index (χ0) is 16.2. The molecular weight excluding hydrogens is 272 g/mol. The Balaban J connectivity index is 2.40. The highest BCUT2D eigenvalue weighted by Crippen LogP contribution is 2.59. The van der Waals surface area contributed by atoms with Crippen LogP contribution in [0.1, 0.15) is 53.9 Å². The SMILES string of the molecule is CC(=O)O[C@@H]1C[C@]2(C)[C@@H](O)[C@@](C)(O)CC[C@H]2C(C)(C)[C@H]1O. The normalized spacial score (nSPS) is 49.3. The lowest BCUT2D eigenvalue weighted by atomic mass is 9.47. The van der Waals surface area contributed by atoms with E-state index in [1.807, 2.05) is 20.8 Å². The second-order valence-corrected chi connectivity index (χ2v) is 7.98. The number of ether oxygens (including phenoxy) is 1. The molecule has 0 spiro atoms. The molecule has 5 nitrogen and oxygen atoms in total. The average molecular weight is 300 g/mol. The fourth-order valence-corrected chi connectivity index (χ4v) is 4.83. The van der Waals surface area contributed by atoms with Crippen molar-refractivity contribution < 1.29 is 24.9 Å². The third kappa shape index (κ3) is 2.49. The van der Waals surface area contributed by atoms with Crippen LogP contribution in [0.5, 0.6) is 0 Å². The summed E-state index contributed by atoms with van der Waals surface area (Å²) in [4.78, 5) is 11.3. The van der Waals surface area contributed by atoms with Crippen molar-refractivity contribution in [1.29, 1.82) is 0 Å². The molecule has 2 rings (SSSR count). The Morgan fingerprint density at radius 1 is 1.19 bits per heavy atom. The highest BCUT2D eigenvalue weighted by Gasteiger charge is 2.63. The number of aliphatic hydroxyl groups is 3. The Hall–Kier alpha value is -0.650. The van der Waals surface area contributed by atoms with Crippen LogP contribution in [0.2, 0.25) is 0 Å². The molecule has 122 valence electrons. The highest BCUT2D eigenvalue weighted by atomic mass is 16.6. The van der Waals surface area contributed by atoms with Crippen molar-refractivity contribution >= 4 is 5.97 Å². The van der Waals surface area contributed by atoms with Gasteiger partial charge in [-0.3, -0.25) is 4.79 Å². The zero-order valence-corrected chi connectivity index (χ0v) is 13.6. The first-order valence-corrected chi connectivity index (χ1v) is 7.68. The highest BCUT2D eigenvalue weighted by molar-refractivity contribution is 5.66. The Morgan fingerprint density at radius 2 is 1.76 bits per heavy atom. The molecule has 2 fully saturated rings. The van der Waals surface area contributed by atoms with Gasteiger partial charge >= 0.3 is 5.97 Å². The summed E-state index contributed by atoms with van der Waals surface area (Å²) in [6.07, 6.45) is -0.732. The van der Waals surface area contributed by atoms with Crippen molar-refractivity contribution in [2.24, 2.45) is 16.7 Å². The Bertz CT molecular complexity index is 430. The Labute approximate surface area is 126 Å². The lowest BCUT2D eigenvalue weighted by Crippen LogP contribution is -2.66. The first-order valence-electron chi connectivity index (χ1n) is 7.68. The Kier molecular flexibility index (Phi) is 3.93. The molecule has 3 N–H and O–H groups in total. The number of aliphatic hydroxyl groups excluding tert-OH is 2. The van der Waals surface area contributed by atoms with Gasteiger partial charge in [0.15, 0.2) is 0 Å². The molecule has 5 heteroatoms. The largest absolute Gasteiger partial charge is 0.460 e. The van der Waals surface area contributed by atoms with Crippen molar-refractivity contribution in [3.8, 4) is 0 Å². The van der Waals surface area contributed by atoms with Crippen molar-refractivity contribution in [2.45, 2.75) is 77.8 Å². The van der Waals surface area contributed by atoms with Gasteiger partial charge in [-0.1, -0.05) is 20.8 Å². The van der Waals surface area contributed by atoms with Crippen LogP contribution in [0.25, 0.3) is 0 Å². The molecule has 0 heterocycles. The summed E-state index contributed by atoms with van der Waals surface area (Å²) in [5.41, 5.74) is -2.24. The molecule has 0 aliphatic heterocycles. The van der Waals surface area contributed by atoms with Gasteiger partial charge in [0.1, 0.15) is 6.10 Å². The minimum atomic E-state index is -1.15. The molecule has 0 radical (unpaired) electrons. The van der Waals surface area contributed by atoms with E-state index < -0.39 is 40.7 Å². The van der Waals surface area contributed by atoms with Crippen molar-refractivity contribution in [2.75, 3.05) is 0 Å². The summed E-state index contributed by atoms with van der Waals surface area (Å²) in [5.74, 6) is -0.379. The predicted molar refractivity (Wildman–Crippen MR) is 77.4 cm³/mol. The number of fused-ring (bicyclic) bond motifs is 1. The fraction of sp³-hybridized carbons (Fsp3) is 0.938. The van der Waals surface area contributed by atoms with Crippen molar-refractivity contribution in [3.05, 3.63) is 0 Å². The molecule has 0 bridgehead atoms. The minimum Gasteiger partial charge on any atom is -0.460 e. The van der Waals surface area contributed by atoms with Crippen LogP contribution >= 0.6 is 0 Å². The fourth-order valence-electron chi connectivity index (χ4n) is 4.83. The van der Waals surface area contributed by atoms with Crippen LogP contribution in [0.4, 0.5) is 0 Å². The lowest BCUT2D eigenvalue weighted by molar-refractivity contribution is -0.250. The molecule has 0 aromatic carbocycles. The molecule has 0 aromatic rings. The molecule has 21 heavy (non-hydrogen) atoms. The maximum Gasteiger partial charge on any atom is 0.302 e. The van der Waals surface area contributed by atoms with Crippen molar-refractivity contribution in [3.63, 3.8) is 0 Å². The molecule has 0 amide bonds. The van der Waals surface area contributed by atoms with Gasteiger partial charge in [0.2, 0.25) is 0 Å². The maximum atomic E-state index is 11.3. The van der Waals surface area contributed by atoms with Gasteiger partial charge in [-0.2, -0.15) is 0 Å². The third-order valence-electron chi connectivity index (χ3n) is 5.92. The summed E-state index contributed by atoms with van der Waals surface area (Å²) >= 11 is 0. The second-order valence-electron chi connectivity index (χ2n) is 7.98. The maximum absolute atomic E-state index is 11.3. The molecule has 0 aromatic heterocycles. The molecule has 2 saturated carbocycles. The lowest BCUT2D eigenvalue weighted by Gasteiger charge is -2.61. The number of hydrogen-bond donors (Lipinski definition) is 3. The van der Waals surface area contributed by atoms with E-state index >= 15 is 0 Å². The quantitative estimate of drug-likeness (QED) is 0.634. The Morgan fingerprint density at radius 3 is 2.29 bits per heavy atom. The molecule has 0 unspecified atom stereocenters. The van der Waals surface area contributed by atoms with Gasteiger partial charge in [-0.15, -0.1) is 0 Å². The molecule has 2 aliphatic carbocycles. The standard InChI is InChI=1S/C16H28O5/c1-9(17)21-10-8-15(4)11(14(2,3)12(10)18)6-7-16(5,20)13(15)19/h10-13,18-20H,6-8H2,1-5H3/t10-,11+,12+,13-,15+,16+/m1/s1. The van der Waals surface area contributed by atoms with Crippen LogP contribution in [-0.4, -0.2) is 45.2 Å². The van der Waals surface area contributed by atoms with E-state index in [9.17, 15) is 20.1 Å². The molecule has 0 saturated heterocycles. The molecule has 2 aliphatic rings. The number of esters is 1. The second kappa shape index (κ2) is 4.93. The number of hydrogen-bond acceptors (Lipinski definition) is 5. The van der Waals surface area contributed by atoms with Gasteiger partial charge in [0, 0.05) is 12.3 Å². The van der Waals surface area contributed by atoms with Crippen LogP contribution in [-0.2, 0) is 9.53 Å². The van der Waals surface area contributed by atoms with E-state index in [1.54, 1.807) is 6.92 Å². The third-order valence-corrected chi connectivity index (χ3v) is 5.92. The van der Waals surface area contributed by atoms with Gasteiger partial charge in [0.25, 0.3) is 0 Å². The summed E-state index contributed by atoms with van der Waals surface area (Å²) in [5, 5.41) is 31.7. The van der Waals surface area contributed by atoms with Gasteiger partial charge in [-0.25, -0.2) is 0 Å². The predicted octanol–water partition coefficient (Wildman–Crippen LogP) is 1.24. The van der Waals surface area contributed by atoms with E-state index in [2.05, 4.69) is 0 Å². The number of carbonyl (C=O) groups is 1. The van der Waals surface area contributed by atoms with Gasteiger partial charge in [0.05, 0.1) is 17.8 Å². The van der Waals surface area contributed by atoms with E-state index in [4.69, 9.17) is 4.74 Å². The molecular formula is C16H28O5. The molecule has 6 atom stereocenters. The minimum absolute atomic E-state index is 0.0574. The zero-order valence-electron chi connectivity index (χ0n) is 13.6. The summed E-state index contributed by atoms with van der Waals surface area (Å²) in [6.45, 7) is 8.80. The van der Waals surface area contributed by atoms with Crippen LogP contribution < -0.4 is 0 Å². The monoisotopic (exact) mass is 300 g/mol. The first kappa shape index (κ1) is 16.7. The van der Waals surface area contributed by atoms with E-state index in [0.29, 0.717) is 12.8 Å². The van der Waals surface area contributed by atoms with E-state index in [1.165, 1.54) is 6.92 Å². The summed E-state index contributed by atoms with van der Waals surface area (Å²) < 4.78 is 5.29. The summed E-state index contributed by atoms with van der Waals surface area (Å²) in [7, 11) is 0. The van der Waals surface area contributed by atoms with E-state index in [0.717, 1.165) is 6.42 Å². The topological polar surface area (TPSA) is 87.0 Å². The first-order chi connectivity index (χ1) is 9.43. The smallest absolute Gasteiger partial charge is 0.302 e. The van der Waals surface area contributed by atoms with Gasteiger partial charge in [-0.05, 0) is 37.5 Å².